The Balaban J connectivity index is 2.08. The second-order valence-electron chi connectivity index (χ2n) is 5.52. The fourth-order valence-corrected chi connectivity index (χ4v) is 2.65. The average Bonchev–Trinajstić information content (AvgIpc) is 2.27. The van der Waals surface area contributed by atoms with E-state index in [4.69, 9.17) is 0 Å². The molecular formula is C14H24N4. The predicted octanol–water partition coefficient (Wildman–Crippen LogP) is 2.06. The van der Waals surface area contributed by atoms with E-state index in [2.05, 4.69) is 40.1 Å². The molecule has 2 heterocycles. The molecule has 1 N–H and O–H groups in total. The lowest BCUT2D eigenvalue weighted by Crippen LogP contribution is -2.48. The van der Waals surface area contributed by atoms with Gasteiger partial charge in [0.1, 0.15) is 11.6 Å². The van der Waals surface area contributed by atoms with E-state index in [1.54, 1.807) is 0 Å². The third-order valence-electron chi connectivity index (χ3n) is 3.27. The van der Waals surface area contributed by atoms with Gasteiger partial charge in [-0.2, -0.15) is 0 Å². The predicted molar refractivity (Wildman–Crippen MR) is 75.0 cm³/mol. The summed E-state index contributed by atoms with van der Waals surface area (Å²) in [6, 6.07) is 3.21. The van der Waals surface area contributed by atoms with Crippen LogP contribution in [0.15, 0.2) is 6.07 Å². The van der Waals surface area contributed by atoms with Crippen molar-refractivity contribution in [1.29, 1.82) is 0 Å². The lowest BCUT2D eigenvalue weighted by molar-refractivity contribution is 0.393. The van der Waals surface area contributed by atoms with Crippen molar-refractivity contribution in [3.05, 3.63) is 17.6 Å². The van der Waals surface area contributed by atoms with Gasteiger partial charge in [0, 0.05) is 36.9 Å². The standard InChI is InChI=1S/C14H24N4/c1-10(2)15-13-6-5-7-18(9-13)14-8-11(3)16-12(4)17-14/h8,10,13,15H,5-7,9H2,1-4H3. The van der Waals surface area contributed by atoms with Crippen LogP contribution in [0.1, 0.15) is 38.2 Å². The minimum absolute atomic E-state index is 0.545. The molecular weight excluding hydrogens is 224 g/mol. The van der Waals surface area contributed by atoms with Crippen molar-refractivity contribution in [1.82, 2.24) is 15.3 Å². The first-order valence-corrected chi connectivity index (χ1v) is 6.88. The highest BCUT2D eigenvalue weighted by Gasteiger charge is 2.21. The summed E-state index contributed by atoms with van der Waals surface area (Å²) in [5.41, 5.74) is 1.05. The summed E-state index contributed by atoms with van der Waals surface area (Å²) in [6.45, 7) is 10.6. The van der Waals surface area contributed by atoms with E-state index in [9.17, 15) is 0 Å². The number of hydrogen-bond donors (Lipinski definition) is 1. The van der Waals surface area contributed by atoms with Crippen molar-refractivity contribution in [3.63, 3.8) is 0 Å². The van der Waals surface area contributed by atoms with Gasteiger partial charge in [-0.15, -0.1) is 0 Å². The van der Waals surface area contributed by atoms with Crippen molar-refractivity contribution >= 4 is 5.82 Å². The van der Waals surface area contributed by atoms with Crippen LogP contribution in [-0.2, 0) is 0 Å². The largest absolute Gasteiger partial charge is 0.355 e. The molecule has 1 aromatic rings. The lowest BCUT2D eigenvalue weighted by Gasteiger charge is -2.35. The summed E-state index contributed by atoms with van der Waals surface area (Å²) < 4.78 is 0. The Morgan fingerprint density at radius 2 is 2.11 bits per heavy atom. The second-order valence-corrected chi connectivity index (χ2v) is 5.52. The molecule has 1 aliphatic heterocycles. The molecule has 0 amide bonds. The van der Waals surface area contributed by atoms with Crippen molar-refractivity contribution < 1.29 is 0 Å². The van der Waals surface area contributed by atoms with E-state index in [0.717, 1.165) is 30.4 Å². The quantitative estimate of drug-likeness (QED) is 0.889. The van der Waals surface area contributed by atoms with E-state index >= 15 is 0 Å². The van der Waals surface area contributed by atoms with Crippen molar-refractivity contribution in [3.8, 4) is 0 Å². The molecule has 1 saturated heterocycles. The maximum Gasteiger partial charge on any atom is 0.132 e. The van der Waals surface area contributed by atoms with Gasteiger partial charge in [0.25, 0.3) is 0 Å². The Bertz CT molecular complexity index is 383. The first-order chi connectivity index (χ1) is 8.54. The molecule has 1 aliphatic rings. The Morgan fingerprint density at radius 1 is 1.33 bits per heavy atom. The summed E-state index contributed by atoms with van der Waals surface area (Å²) >= 11 is 0. The monoisotopic (exact) mass is 248 g/mol. The molecule has 0 aromatic carbocycles. The lowest BCUT2D eigenvalue weighted by atomic mass is 10.0. The molecule has 1 fully saturated rings. The minimum atomic E-state index is 0.545. The fourth-order valence-electron chi connectivity index (χ4n) is 2.65. The second kappa shape index (κ2) is 5.65. The first kappa shape index (κ1) is 13.3. The van der Waals surface area contributed by atoms with Crippen molar-refractivity contribution in [2.75, 3.05) is 18.0 Å². The van der Waals surface area contributed by atoms with Crippen LogP contribution in [0.5, 0.6) is 0 Å². The van der Waals surface area contributed by atoms with Crippen molar-refractivity contribution in [2.24, 2.45) is 0 Å². The molecule has 0 spiro atoms. The summed E-state index contributed by atoms with van der Waals surface area (Å²) in [7, 11) is 0. The molecule has 1 atom stereocenters. The highest BCUT2D eigenvalue weighted by atomic mass is 15.2. The Kier molecular flexibility index (Phi) is 4.17. The number of piperidine rings is 1. The van der Waals surface area contributed by atoms with Gasteiger partial charge in [-0.3, -0.25) is 0 Å². The first-order valence-electron chi connectivity index (χ1n) is 6.88. The molecule has 4 nitrogen and oxygen atoms in total. The van der Waals surface area contributed by atoms with Gasteiger partial charge in [0.05, 0.1) is 0 Å². The van der Waals surface area contributed by atoms with Gasteiger partial charge in [-0.1, -0.05) is 13.8 Å². The van der Waals surface area contributed by atoms with E-state index < -0.39 is 0 Å². The average molecular weight is 248 g/mol. The van der Waals surface area contributed by atoms with Crippen LogP contribution in [0.25, 0.3) is 0 Å². The van der Waals surface area contributed by atoms with Crippen LogP contribution in [0.3, 0.4) is 0 Å². The molecule has 0 saturated carbocycles. The normalized spacial score (nSPS) is 20.5. The van der Waals surface area contributed by atoms with Crippen molar-refractivity contribution in [2.45, 2.75) is 52.6 Å². The molecule has 1 unspecified atom stereocenters. The maximum atomic E-state index is 4.56. The van der Waals surface area contributed by atoms with E-state index in [0.29, 0.717) is 12.1 Å². The summed E-state index contributed by atoms with van der Waals surface area (Å²) in [5.74, 6) is 1.94. The number of aromatic nitrogens is 2. The Labute approximate surface area is 110 Å². The number of anilines is 1. The molecule has 100 valence electrons. The van der Waals surface area contributed by atoms with E-state index in [1.165, 1.54) is 12.8 Å². The Hall–Kier alpha value is -1.16. The number of nitrogens with one attached hydrogen (secondary N) is 1. The third-order valence-corrected chi connectivity index (χ3v) is 3.27. The third kappa shape index (κ3) is 3.42. The molecule has 0 aliphatic carbocycles. The van der Waals surface area contributed by atoms with Gasteiger partial charge < -0.3 is 10.2 Å². The molecule has 0 radical (unpaired) electrons. The Morgan fingerprint density at radius 3 is 2.78 bits per heavy atom. The molecule has 1 aromatic heterocycles. The maximum absolute atomic E-state index is 4.56. The highest BCUT2D eigenvalue weighted by Crippen LogP contribution is 2.18. The van der Waals surface area contributed by atoms with Gasteiger partial charge in [-0.25, -0.2) is 9.97 Å². The zero-order valence-electron chi connectivity index (χ0n) is 11.9. The molecule has 0 bridgehead atoms. The minimum Gasteiger partial charge on any atom is -0.355 e. The van der Waals surface area contributed by atoms with Gasteiger partial charge in [0.2, 0.25) is 0 Å². The summed E-state index contributed by atoms with van der Waals surface area (Å²) in [4.78, 5) is 11.3. The van der Waals surface area contributed by atoms with Gasteiger partial charge >= 0.3 is 0 Å². The SMILES string of the molecule is Cc1cc(N2CCCC(NC(C)C)C2)nc(C)n1. The van der Waals surface area contributed by atoms with Gasteiger partial charge in [-0.05, 0) is 26.7 Å². The van der Waals surface area contributed by atoms with Crippen LogP contribution >= 0.6 is 0 Å². The molecule has 2 rings (SSSR count). The van der Waals surface area contributed by atoms with Crippen LogP contribution in [0.2, 0.25) is 0 Å². The van der Waals surface area contributed by atoms with Crippen LogP contribution in [-0.4, -0.2) is 35.1 Å². The van der Waals surface area contributed by atoms with Crippen LogP contribution in [0.4, 0.5) is 5.82 Å². The van der Waals surface area contributed by atoms with Crippen LogP contribution in [0, 0.1) is 13.8 Å². The number of rotatable bonds is 3. The topological polar surface area (TPSA) is 41.0 Å². The van der Waals surface area contributed by atoms with Crippen LogP contribution < -0.4 is 10.2 Å². The zero-order valence-corrected chi connectivity index (χ0v) is 11.9. The highest BCUT2D eigenvalue weighted by molar-refractivity contribution is 5.40. The number of nitrogens with zero attached hydrogens (tertiary/aromatic N) is 3. The van der Waals surface area contributed by atoms with E-state index in [1.807, 2.05) is 13.8 Å². The smallest absolute Gasteiger partial charge is 0.132 e. The van der Waals surface area contributed by atoms with Gasteiger partial charge in [0.15, 0.2) is 0 Å². The summed E-state index contributed by atoms with van der Waals surface area (Å²) in [6.07, 6.45) is 2.49. The fraction of sp³-hybridized carbons (Fsp3) is 0.714. The molecule has 18 heavy (non-hydrogen) atoms. The number of aryl methyl sites for hydroxylation is 2. The number of hydrogen-bond acceptors (Lipinski definition) is 4. The van der Waals surface area contributed by atoms with E-state index in [-0.39, 0.29) is 0 Å². The molecule has 4 heteroatoms. The zero-order chi connectivity index (χ0) is 13.1. The summed E-state index contributed by atoms with van der Waals surface area (Å²) in [5, 5.41) is 3.63.